The standard InChI is InChI=1S/C18H26N2O2S/c1-5-7-8-16(21)19-18-20(9-10-22-6-2)15-12-13(3)11-14(4)17(15)23-18/h11-12H,5-10H2,1-4H3. The molecule has 0 saturated heterocycles. The molecule has 1 amide bonds. The Bertz CT molecular complexity index is 743. The van der Waals surface area contributed by atoms with Crippen molar-refractivity contribution in [3.05, 3.63) is 28.1 Å². The molecule has 0 N–H and O–H groups in total. The van der Waals surface area contributed by atoms with Crippen molar-refractivity contribution in [2.75, 3.05) is 13.2 Å². The number of aromatic nitrogens is 1. The van der Waals surface area contributed by atoms with E-state index in [-0.39, 0.29) is 5.91 Å². The number of fused-ring (bicyclic) bond motifs is 1. The molecule has 0 aliphatic heterocycles. The van der Waals surface area contributed by atoms with Crippen LogP contribution in [0.15, 0.2) is 17.1 Å². The van der Waals surface area contributed by atoms with E-state index in [1.165, 1.54) is 15.8 Å². The van der Waals surface area contributed by atoms with Gasteiger partial charge in [-0.3, -0.25) is 4.79 Å². The first kappa shape index (κ1) is 17.9. The third-order valence-electron chi connectivity index (χ3n) is 3.74. The van der Waals surface area contributed by atoms with Gasteiger partial charge in [0.25, 0.3) is 0 Å². The number of thiazole rings is 1. The van der Waals surface area contributed by atoms with Crippen LogP contribution in [0, 0.1) is 13.8 Å². The summed E-state index contributed by atoms with van der Waals surface area (Å²) in [5.74, 6) is -0.0297. The number of hydrogen-bond acceptors (Lipinski definition) is 3. The third-order valence-corrected chi connectivity index (χ3v) is 4.97. The van der Waals surface area contributed by atoms with E-state index in [9.17, 15) is 4.79 Å². The number of carbonyl (C=O) groups is 1. The molecule has 0 radical (unpaired) electrons. The van der Waals surface area contributed by atoms with Gasteiger partial charge in [-0.1, -0.05) is 30.7 Å². The Morgan fingerprint density at radius 2 is 2.09 bits per heavy atom. The van der Waals surface area contributed by atoms with Gasteiger partial charge < -0.3 is 9.30 Å². The fraction of sp³-hybridized carbons (Fsp3) is 0.556. The molecule has 0 aliphatic rings. The van der Waals surface area contributed by atoms with Crippen molar-refractivity contribution < 1.29 is 9.53 Å². The van der Waals surface area contributed by atoms with Gasteiger partial charge in [0.15, 0.2) is 4.80 Å². The van der Waals surface area contributed by atoms with Crippen molar-refractivity contribution in [2.45, 2.75) is 53.5 Å². The molecule has 0 saturated carbocycles. The lowest BCUT2D eigenvalue weighted by molar-refractivity contribution is -0.118. The van der Waals surface area contributed by atoms with Crippen LogP contribution in [-0.2, 0) is 16.1 Å². The molecule has 1 heterocycles. The van der Waals surface area contributed by atoms with Crippen molar-refractivity contribution >= 4 is 27.5 Å². The zero-order chi connectivity index (χ0) is 16.8. The lowest BCUT2D eigenvalue weighted by Crippen LogP contribution is -2.19. The first-order chi connectivity index (χ1) is 11.1. The highest BCUT2D eigenvalue weighted by molar-refractivity contribution is 7.16. The molecule has 0 unspecified atom stereocenters. The number of unbranched alkanes of at least 4 members (excludes halogenated alkanes) is 1. The lowest BCUT2D eigenvalue weighted by Gasteiger charge is -2.06. The molecule has 0 aliphatic carbocycles. The monoisotopic (exact) mass is 334 g/mol. The van der Waals surface area contributed by atoms with Crippen LogP contribution >= 0.6 is 11.3 Å². The summed E-state index contributed by atoms with van der Waals surface area (Å²) >= 11 is 1.60. The van der Waals surface area contributed by atoms with Crippen LogP contribution in [0.5, 0.6) is 0 Å². The molecule has 1 aromatic carbocycles. The van der Waals surface area contributed by atoms with Gasteiger partial charge in [0, 0.05) is 19.6 Å². The summed E-state index contributed by atoms with van der Waals surface area (Å²) in [5, 5.41) is 0. The average Bonchev–Trinajstić information content (AvgIpc) is 2.84. The first-order valence-corrected chi connectivity index (χ1v) is 9.14. The van der Waals surface area contributed by atoms with Gasteiger partial charge >= 0.3 is 0 Å². The number of ether oxygens (including phenoxy) is 1. The molecule has 2 rings (SSSR count). The van der Waals surface area contributed by atoms with Crippen LogP contribution in [0.3, 0.4) is 0 Å². The van der Waals surface area contributed by atoms with Gasteiger partial charge in [0.1, 0.15) is 0 Å². The van der Waals surface area contributed by atoms with Gasteiger partial charge in [0.2, 0.25) is 5.91 Å². The maximum Gasteiger partial charge on any atom is 0.248 e. The van der Waals surface area contributed by atoms with Crippen molar-refractivity contribution in [1.82, 2.24) is 4.57 Å². The van der Waals surface area contributed by atoms with Crippen LogP contribution in [-0.4, -0.2) is 23.7 Å². The van der Waals surface area contributed by atoms with Crippen molar-refractivity contribution in [1.29, 1.82) is 0 Å². The number of carbonyl (C=O) groups excluding carboxylic acids is 1. The number of hydrogen-bond donors (Lipinski definition) is 0. The molecule has 0 spiro atoms. The molecule has 2 aromatic rings. The van der Waals surface area contributed by atoms with E-state index in [4.69, 9.17) is 4.74 Å². The Hall–Kier alpha value is -1.46. The zero-order valence-electron chi connectivity index (χ0n) is 14.5. The van der Waals surface area contributed by atoms with E-state index in [0.29, 0.717) is 19.6 Å². The van der Waals surface area contributed by atoms with E-state index >= 15 is 0 Å². The van der Waals surface area contributed by atoms with Crippen LogP contribution in [0.25, 0.3) is 10.2 Å². The highest BCUT2D eigenvalue weighted by atomic mass is 32.1. The van der Waals surface area contributed by atoms with Crippen molar-refractivity contribution in [2.24, 2.45) is 4.99 Å². The van der Waals surface area contributed by atoms with Crippen LogP contribution in [0.1, 0.15) is 44.2 Å². The quantitative estimate of drug-likeness (QED) is 0.719. The Morgan fingerprint density at radius 1 is 1.30 bits per heavy atom. The minimum Gasteiger partial charge on any atom is -0.380 e. The normalized spacial score (nSPS) is 12.3. The van der Waals surface area contributed by atoms with Crippen molar-refractivity contribution in [3.8, 4) is 0 Å². The lowest BCUT2D eigenvalue weighted by atomic mass is 10.1. The van der Waals surface area contributed by atoms with Gasteiger partial charge in [-0.15, -0.1) is 0 Å². The molecular weight excluding hydrogens is 308 g/mol. The number of benzene rings is 1. The molecule has 1 aromatic heterocycles. The van der Waals surface area contributed by atoms with Crippen LogP contribution < -0.4 is 4.80 Å². The summed E-state index contributed by atoms with van der Waals surface area (Å²) in [6.45, 7) is 10.3. The fourth-order valence-electron chi connectivity index (χ4n) is 2.60. The number of amides is 1. The average molecular weight is 334 g/mol. The molecule has 0 atom stereocenters. The second-order valence-corrected chi connectivity index (χ2v) is 6.75. The van der Waals surface area contributed by atoms with Gasteiger partial charge in [-0.2, -0.15) is 4.99 Å². The summed E-state index contributed by atoms with van der Waals surface area (Å²) in [5.41, 5.74) is 3.61. The summed E-state index contributed by atoms with van der Waals surface area (Å²) in [6, 6.07) is 4.34. The highest BCUT2D eigenvalue weighted by Gasteiger charge is 2.10. The fourth-order valence-corrected chi connectivity index (χ4v) is 3.73. The summed E-state index contributed by atoms with van der Waals surface area (Å²) in [6.07, 6.45) is 2.43. The van der Waals surface area contributed by atoms with E-state index in [2.05, 4.69) is 42.5 Å². The van der Waals surface area contributed by atoms with Gasteiger partial charge in [-0.25, -0.2) is 0 Å². The first-order valence-electron chi connectivity index (χ1n) is 8.32. The minimum atomic E-state index is -0.0297. The summed E-state index contributed by atoms with van der Waals surface area (Å²) in [4.78, 5) is 17.2. The molecule has 0 bridgehead atoms. The molecule has 126 valence electrons. The molecule has 0 fully saturated rings. The van der Waals surface area contributed by atoms with Gasteiger partial charge in [-0.05, 0) is 44.4 Å². The highest BCUT2D eigenvalue weighted by Crippen LogP contribution is 2.23. The Balaban J connectivity index is 2.48. The minimum absolute atomic E-state index is 0.0297. The zero-order valence-corrected chi connectivity index (χ0v) is 15.3. The Labute approximate surface area is 141 Å². The van der Waals surface area contributed by atoms with Gasteiger partial charge in [0.05, 0.1) is 16.8 Å². The van der Waals surface area contributed by atoms with Crippen molar-refractivity contribution in [3.63, 3.8) is 0 Å². The number of aryl methyl sites for hydroxylation is 2. The van der Waals surface area contributed by atoms with E-state index in [1.54, 1.807) is 11.3 Å². The molecule has 5 heteroatoms. The Kier molecular flexibility index (Phi) is 6.54. The molecule has 23 heavy (non-hydrogen) atoms. The second kappa shape index (κ2) is 8.41. The Morgan fingerprint density at radius 3 is 2.78 bits per heavy atom. The van der Waals surface area contributed by atoms with E-state index < -0.39 is 0 Å². The maximum absolute atomic E-state index is 12.1. The predicted octanol–water partition coefficient (Wildman–Crippen LogP) is 3.97. The van der Waals surface area contributed by atoms with Crippen LogP contribution in [0.4, 0.5) is 0 Å². The maximum atomic E-state index is 12.1. The van der Waals surface area contributed by atoms with E-state index in [1.807, 2.05) is 6.92 Å². The second-order valence-electron chi connectivity index (χ2n) is 5.77. The molecular formula is C18H26N2O2S. The topological polar surface area (TPSA) is 43.6 Å². The number of rotatable bonds is 7. The summed E-state index contributed by atoms with van der Waals surface area (Å²) in [7, 11) is 0. The number of nitrogens with zero attached hydrogens (tertiary/aromatic N) is 2. The SMILES string of the molecule is CCCCC(=O)N=c1sc2c(C)cc(C)cc2n1CCOCC. The third kappa shape index (κ3) is 4.52. The largest absolute Gasteiger partial charge is 0.380 e. The van der Waals surface area contributed by atoms with E-state index in [0.717, 1.165) is 29.7 Å². The van der Waals surface area contributed by atoms with Crippen LogP contribution in [0.2, 0.25) is 0 Å². The molecule has 4 nitrogen and oxygen atoms in total. The predicted molar refractivity (Wildman–Crippen MR) is 95.9 cm³/mol. The smallest absolute Gasteiger partial charge is 0.248 e. The summed E-state index contributed by atoms with van der Waals surface area (Å²) < 4.78 is 8.83.